The molecular formula is C11H12N4O4S. The van der Waals surface area contributed by atoms with Crippen LogP contribution in [0.5, 0.6) is 0 Å². The van der Waals surface area contributed by atoms with Crippen LogP contribution in [0.3, 0.4) is 0 Å². The van der Waals surface area contributed by atoms with Crippen LogP contribution in [-0.4, -0.2) is 24.2 Å². The molecule has 1 aliphatic heterocycles. The van der Waals surface area contributed by atoms with Gasteiger partial charge in [-0.15, -0.1) is 0 Å². The molecule has 1 aromatic carbocycles. The Morgan fingerprint density at radius 3 is 2.15 bits per heavy atom. The Morgan fingerprint density at radius 1 is 1.20 bits per heavy atom. The van der Waals surface area contributed by atoms with E-state index in [2.05, 4.69) is 53.6 Å². The molecule has 0 N–H and O–H groups in total. The summed E-state index contributed by atoms with van der Waals surface area (Å²) in [6.45, 7) is 4.41. The lowest BCUT2D eigenvalue weighted by Crippen LogP contribution is -2.19. The Bertz CT molecular complexity index is 670. The number of nitrogens with zero attached hydrogens (tertiary/aromatic N) is 4. The molecule has 20 heavy (non-hydrogen) atoms. The van der Waals surface area contributed by atoms with Crippen molar-refractivity contribution in [3.05, 3.63) is 46.0 Å². The van der Waals surface area contributed by atoms with E-state index >= 15 is 0 Å². The molecule has 0 radical (unpaired) electrons. The van der Waals surface area contributed by atoms with Crippen LogP contribution in [0, 0.1) is 10.1 Å². The number of hydrogen-bond acceptors (Lipinski definition) is 6. The SMILES string of the molecule is CC(C)c1ccccc1.O=[N+]([O-])C1=NN=NC1=S(=O)=O. The molecule has 106 valence electrons. The summed E-state index contributed by atoms with van der Waals surface area (Å²) in [5.74, 6) is -0.190. The lowest BCUT2D eigenvalue weighted by atomic mass is 10.0. The first-order valence-electron chi connectivity index (χ1n) is 5.58. The first kappa shape index (κ1) is 15.6. The van der Waals surface area contributed by atoms with Crippen LogP contribution in [0.1, 0.15) is 25.3 Å². The van der Waals surface area contributed by atoms with E-state index in [0.29, 0.717) is 5.92 Å². The number of benzene rings is 1. The molecule has 0 saturated heterocycles. The van der Waals surface area contributed by atoms with E-state index in [9.17, 15) is 18.5 Å². The molecule has 1 heterocycles. The zero-order valence-electron chi connectivity index (χ0n) is 10.8. The second-order valence-electron chi connectivity index (χ2n) is 3.98. The molecule has 2 rings (SSSR count). The summed E-state index contributed by atoms with van der Waals surface area (Å²) in [4.78, 5) is 8.27. The van der Waals surface area contributed by atoms with Gasteiger partial charge in [0.05, 0.1) is 5.22 Å². The largest absolute Gasteiger partial charge is 0.436 e. The first-order valence-corrected chi connectivity index (χ1v) is 6.65. The van der Waals surface area contributed by atoms with E-state index in [1.165, 1.54) is 5.56 Å². The molecule has 9 heteroatoms. The minimum Gasteiger partial charge on any atom is -0.358 e. The van der Waals surface area contributed by atoms with Gasteiger partial charge < -0.3 is 10.1 Å². The Morgan fingerprint density at radius 2 is 1.80 bits per heavy atom. The van der Waals surface area contributed by atoms with Gasteiger partial charge in [-0.25, -0.2) is 0 Å². The van der Waals surface area contributed by atoms with Gasteiger partial charge in [-0.3, -0.25) is 0 Å². The number of rotatable bonds is 1. The Hall–Kier alpha value is -2.42. The summed E-state index contributed by atoms with van der Waals surface area (Å²) in [5, 5.41) is 18.6. The Balaban J connectivity index is 0.000000204. The van der Waals surface area contributed by atoms with Gasteiger partial charge in [0.1, 0.15) is 5.10 Å². The summed E-state index contributed by atoms with van der Waals surface area (Å²) in [7, 11) is -2.76. The van der Waals surface area contributed by atoms with Crippen molar-refractivity contribution in [2.45, 2.75) is 19.8 Å². The molecule has 8 nitrogen and oxygen atoms in total. The van der Waals surface area contributed by atoms with Gasteiger partial charge in [0.25, 0.3) is 10.3 Å². The van der Waals surface area contributed by atoms with E-state index < -0.39 is 26.0 Å². The van der Waals surface area contributed by atoms with Crippen LogP contribution in [-0.2, 0) is 10.3 Å². The van der Waals surface area contributed by atoms with Crippen molar-refractivity contribution in [1.82, 2.24) is 0 Å². The highest BCUT2D eigenvalue weighted by Gasteiger charge is 2.28. The first-order chi connectivity index (χ1) is 9.43. The molecule has 0 spiro atoms. The average molecular weight is 296 g/mol. The quantitative estimate of drug-likeness (QED) is 0.447. The van der Waals surface area contributed by atoms with E-state index in [4.69, 9.17) is 0 Å². The fourth-order valence-corrected chi connectivity index (χ4v) is 1.62. The number of nitro groups is 1. The standard InChI is InChI=1S/C9H12.C2N4O4S/c1-8(2)9-6-4-3-5-7-9;7-6(8)1-2(11(9)10)4-5-3-1/h3-8H,1-2H3;. The number of hydrogen-bond donors (Lipinski definition) is 0. The highest BCUT2D eigenvalue weighted by atomic mass is 32.2. The monoisotopic (exact) mass is 296 g/mol. The summed E-state index contributed by atoms with van der Waals surface area (Å²) in [6.07, 6.45) is 0. The zero-order chi connectivity index (χ0) is 15.1. The minimum absolute atomic E-state index is 0.659. The molecule has 0 unspecified atom stereocenters. The third-order valence-electron chi connectivity index (χ3n) is 2.26. The van der Waals surface area contributed by atoms with Gasteiger partial charge in [0, 0.05) is 0 Å². The maximum atomic E-state index is 10.1. The second kappa shape index (κ2) is 7.24. The number of amidine groups is 1. The highest BCUT2D eigenvalue weighted by Crippen LogP contribution is 2.11. The van der Waals surface area contributed by atoms with E-state index in [-0.39, 0.29) is 0 Å². The smallest absolute Gasteiger partial charge is 0.358 e. The molecular weight excluding hydrogens is 284 g/mol. The predicted molar refractivity (Wildman–Crippen MR) is 73.7 cm³/mol. The molecule has 0 fully saturated rings. The van der Waals surface area contributed by atoms with Crippen molar-refractivity contribution >= 4 is 21.1 Å². The molecule has 0 atom stereocenters. The normalized spacial score (nSPS) is 12.8. The lowest BCUT2D eigenvalue weighted by Gasteiger charge is -2.01. The van der Waals surface area contributed by atoms with Crippen molar-refractivity contribution in [2.75, 3.05) is 0 Å². The summed E-state index contributed by atoms with van der Waals surface area (Å²) >= 11 is 0. The van der Waals surface area contributed by atoms with Crippen LogP contribution < -0.4 is 0 Å². The molecule has 0 bridgehead atoms. The summed E-state index contributed by atoms with van der Waals surface area (Å²) in [6, 6.07) is 10.5. The van der Waals surface area contributed by atoms with Crippen LogP contribution in [0.2, 0.25) is 0 Å². The van der Waals surface area contributed by atoms with Crippen molar-refractivity contribution in [1.29, 1.82) is 0 Å². The van der Waals surface area contributed by atoms with Gasteiger partial charge in [-0.2, -0.15) is 8.42 Å². The third-order valence-corrected chi connectivity index (χ3v) is 2.84. The van der Waals surface area contributed by atoms with Crippen LogP contribution in [0.25, 0.3) is 0 Å². The van der Waals surface area contributed by atoms with Crippen molar-refractivity contribution in [3.63, 3.8) is 0 Å². The van der Waals surface area contributed by atoms with Gasteiger partial charge in [-0.05, 0) is 16.4 Å². The second-order valence-corrected chi connectivity index (χ2v) is 4.83. The maximum Gasteiger partial charge on any atom is 0.436 e. The van der Waals surface area contributed by atoms with Crippen molar-refractivity contribution in [2.24, 2.45) is 15.4 Å². The van der Waals surface area contributed by atoms with E-state index in [1.807, 2.05) is 6.07 Å². The van der Waals surface area contributed by atoms with Crippen LogP contribution >= 0.6 is 0 Å². The van der Waals surface area contributed by atoms with Crippen molar-refractivity contribution < 1.29 is 13.3 Å². The summed E-state index contributed by atoms with van der Waals surface area (Å²) in [5.41, 5.74) is 1.41. The molecule has 0 aliphatic carbocycles. The van der Waals surface area contributed by atoms with Crippen molar-refractivity contribution in [3.8, 4) is 0 Å². The molecule has 0 aromatic heterocycles. The van der Waals surface area contributed by atoms with Crippen LogP contribution in [0.15, 0.2) is 45.8 Å². The maximum absolute atomic E-state index is 10.1. The fraction of sp³-hybridized carbons (Fsp3) is 0.273. The molecule has 0 saturated carbocycles. The Kier molecular flexibility index (Phi) is 5.66. The van der Waals surface area contributed by atoms with Gasteiger partial charge in [0.2, 0.25) is 0 Å². The molecule has 1 aliphatic rings. The highest BCUT2D eigenvalue weighted by molar-refractivity contribution is 7.74. The fourth-order valence-electron chi connectivity index (χ4n) is 1.25. The third kappa shape index (κ3) is 4.35. The average Bonchev–Trinajstić information content (AvgIpc) is 2.90. The van der Waals surface area contributed by atoms with Gasteiger partial charge in [-0.1, -0.05) is 49.3 Å². The predicted octanol–water partition coefficient (Wildman–Crippen LogP) is 1.86. The van der Waals surface area contributed by atoms with Crippen LogP contribution in [0.4, 0.5) is 0 Å². The van der Waals surface area contributed by atoms with Gasteiger partial charge >= 0.3 is 10.8 Å². The Labute approximate surface area is 116 Å². The topological polar surface area (TPSA) is 114 Å². The van der Waals surface area contributed by atoms with E-state index in [1.54, 1.807) is 0 Å². The van der Waals surface area contributed by atoms with E-state index in [0.717, 1.165) is 0 Å². The lowest BCUT2D eigenvalue weighted by molar-refractivity contribution is -0.345. The minimum atomic E-state index is -2.76. The zero-order valence-corrected chi connectivity index (χ0v) is 11.6. The summed E-state index contributed by atoms with van der Waals surface area (Å²) < 4.78 is 20.3. The molecule has 1 aromatic rings. The molecule has 0 amide bonds. The van der Waals surface area contributed by atoms with Gasteiger partial charge in [0.15, 0.2) is 0 Å².